The highest BCUT2D eigenvalue weighted by atomic mass is 16.2. The molecule has 8 nitrogen and oxygen atoms in total. The Bertz CT molecular complexity index is 1070. The predicted octanol–water partition coefficient (Wildman–Crippen LogP) is 2.28. The van der Waals surface area contributed by atoms with Crippen LogP contribution >= 0.6 is 0 Å². The zero-order valence-electron chi connectivity index (χ0n) is 17.0. The maximum Gasteiger partial charge on any atom is 0.315 e. The number of nitrogens with zero attached hydrogens (tertiary/aromatic N) is 4. The molecule has 0 unspecified atom stereocenters. The van der Waals surface area contributed by atoms with Gasteiger partial charge >= 0.3 is 6.03 Å². The van der Waals surface area contributed by atoms with E-state index in [0.717, 1.165) is 23.9 Å². The number of rotatable bonds is 5. The van der Waals surface area contributed by atoms with Crippen LogP contribution in [0.1, 0.15) is 25.3 Å². The highest BCUT2D eigenvalue weighted by molar-refractivity contribution is 5.74. The molecule has 1 saturated heterocycles. The van der Waals surface area contributed by atoms with E-state index in [9.17, 15) is 9.59 Å². The molecule has 0 radical (unpaired) electrons. The van der Waals surface area contributed by atoms with Crippen LogP contribution in [-0.2, 0) is 13.1 Å². The normalized spacial score (nSPS) is 14.6. The molecule has 0 aliphatic carbocycles. The minimum atomic E-state index is -0.166. The standard InChI is InChI=1S/C22H26N6O2/c1-2-28-19-18(9-6-12-23-19)26-20(21(28)29)27-13-10-17(11-14-27)25-22(30)24-15-16-7-4-3-5-8-16/h3-9,12,17H,2,10-11,13-15H2,1H3,(H2,24,25,30). The Kier molecular flexibility index (Phi) is 5.92. The SMILES string of the molecule is CCn1c(=O)c(N2CCC(NC(=O)NCc3ccccc3)CC2)nc2cccnc21. The largest absolute Gasteiger partial charge is 0.352 e. The van der Waals surface area contributed by atoms with Gasteiger partial charge in [-0.3, -0.25) is 9.36 Å². The maximum absolute atomic E-state index is 12.9. The van der Waals surface area contributed by atoms with Crippen molar-refractivity contribution in [1.82, 2.24) is 25.2 Å². The van der Waals surface area contributed by atoms with Crippen molar-refractivity contribution in [2.24, 2.45) is 0 Å². The van der Waals surface area contributed by atoms with E-state index in [-0.39, 0.29) is 17.6 Å². The molecule has 0 bridgehead atoms. The number of carbonyl (C=O) groups is 1. The molecule has 8 heteroatoms. The number of hydrogen-bond donors (Lipinski definition) is 2. The number of pyridine rings is 1. The van der Waals surface area contributed by atoms with Gasteiger partial charge in [-0.2, -0.15) is 0 Å². The lowest BCUT2D eigenvalue weighted by molar-refractivity contribution is 0.234. The van der Waals surface area contributed by atoms with E-state index in [0.29, 0.717) is 37.6 Å². The van der Waals surface area contributed by atoms with Gasteiger partial charge in [-0.05, 0) is 37.5 Å². The minimum absolute atomic E-state index is 0.0764. The molecule has 0 spiro atoms. The molecule has 2 N–H and O–H groups in total. The van der Waals surface area contributed by atoms with Crippen molar-refractivity contribution in [2.75, 3.05) is 18.0 Å². The molecule has 3 heterocycles. The molecule has 1 aliphatic rings. The Morgan fingerprint density at radius 2 is 1.90 bits per heavy atom. The number of hydrogen-bond acceptors (Lipinski definition) is 5. The maximum atomic E-state index is 12.9. The summed E-state index contributed by atoms with van der Waals surface area (Å²) in [6.07, 6.45) is 3.20. The van der Waals surface area contributed by atoms with E-state index in [2.05, 4.69) is 20.6 Å². The molecule has 4 rings (SSSR count). The fourth-order valence-corrected chi connectivity index (χ4v) is 3.81. The molecule has 2 aromatic heterocycles. The second kappa shape index (κ2) is 8.94. The van der Waals surface area contributed by atoms with Gasteiger partial charge in [-0.25, -0.2) is 14.8 Å². The van der Waals surface area contributed by atoms with Crippen LogP contribution < -0.4 is 21.1 Å². The number of carbonyl (C=O) groups excluding carboxylic acids is 1. The average molecular weight is 406 g/mol. The van der Waals surface area contributed by atoms with E-state index < -0.39 is 0 Å². The number of benzene rings is 1. The van der Waals surface area contributed by atoms with Crippen molar-refractivity contribution in [1.29, 1.82) is 0 Å². The van der Waals surface area contributed by atoms with E-state index in [1.54, 1.807) is 10.8 Å². The van der Waals surface area contributed by atoms with Crippen LogP contribution in [0.15, 0.2) is 53.5 Å². The van der Waals surface area contributed by atoms with Crippen molar-refractivity contribution in [3.63, 3.8) is 0 Å². The van der Waals surface area contributed by atoms with Gasteiger partial charge in [-0.15, -0.1) is 0 Å². The third kappa shape index (κ3) is 4.27. The van der Waals surface area contributed by atoms with Crippen molar-refractivity contribution in [2.45, 2.75) is 38.9 Å². The quantitative estimate of drug-likeness (QED) is 0.678. The first-order chi connectivity index (χ1) is 14.7. The van der Waals surface area contributed by atoms with Gasteiger partial charge < -0.3 is 15.5 Å². The van der Waals surface area contributed by atoms with Crippen LogP contribution in [0.5, 0.6) is 0 Å². The number of urea groups is 1. The summed E-state index contributed by atoms with van der Waals surface area (Å²) in [7, 11) is 0. The van der Waals surface area contributed by atoms with Crippen molar-refractivity contribution in [3.05, 3.63) is 64.6 Å². The first kappa shape index (κ1) is 19.9. The third-order valence-electron chi connectivity index (χ3n) is 5.43. The zero-order valence-corrected chi connectivity index (χ0v) is 17.0. The van der Waals surface area contributed by atoms with E-state index >= 15 is 0 Å². The highest BCUT2D eigenvalue weighted by Gasteiger charge is 2.24. The number of aryl methyl sites for hydroxylation is 1. The van der Waals surface area contributed by atoms with Crippen molar-refractivity contribution >= 4 is 23.0 Å². The summed E-state index contributed by atoms with van der Waals surface area (Å²) in [6, 6.07) is 13.4. The van der Waals surface area contributed by atoms with Gasteiger partial charge in [0.2, 0.25) is 0 Å². The lowest BCUT2D eigenvalue weighted by atomic mass is 10.1. The van der Waals surface area contributed by atoms with Crippen molar-refractivity contribution in [3.8, 4) is 0 Å². The van der Waals surface area contributed by atoms with Gasteiger partial charge in [0, 0.05) is 38.4 Å². The van der Waals surface area contributed by atoms with Gasteiger partial charge in [0.15, 0.2) is 11.5 Å². The molecule has 0 atom stereocenters. The van der Waals surface area contributed by atoms with Crippen LogP contribution in [0.25, 0.3) is 11.2 Å². The van der Waals surface area contributed by atoms with Crippen molar-refractivity contribution < 1.29 is 4.79 Å². The number of nitrogens with one attached hydrogen (secondary N) is 2. The summed E-state index contributed by atoms with van der Waals surface area (Å²) >= 11 is 0. The van der Waals surface area contributed by atoms with Crippen LogP contribution in [0.3, 0.4) is 0 Å². The lowest BCUT2D eigenvalue weighted by Gasteiger charge is -2.33. The van der Waals surface area contributed by atoms with E-state index in [1.807, 2.05) is 54.3 Å². The fourth-order valence-electron chi connectivity index (χ4n) is 3.81. The molecule has 1 aliphatic heterocycles. The van der Waals surface area contributed by atoms with E-state index in [4.69, 9.17) is 0 Å². The van der Waals surface area contributed by atoms with Gasteiger partial charge in [0.1, 0.15) is 5.52 Å². The number of fused-ring (bicyclic) bond motifs is 1. The fraction of sp³-hybridized carbons (Fsp3) is 0.364. The molecule has 3 aromatic rings. The van der Waals surface area contributed by atoms with Crippen LogP contribution in [0.2, 0.25) is 0 Å². The van der Waals surface area contributed by atoms with Crippen LogP contribution in [-0.4, -0.2) is 39.7 Å². The zero-order chi connectivity index (χ0) is 20.9. The second-order valence-corrected chi connectivity index (χ2v) is 7.40. The molecule has 156 valence electrons. The monoisotopic (exact) mass is 406 g/mol. The van der Waals surface area contributed by atoms with Gasteiger partial charge in [0.05, 0.1) is 0 Å². The summed E-state index contributed by atoms with van der Waals surface area (Å²) in [5.41, 5.74) is 2.28. The molecule has 30 heavy (non-hydrogen) atoms. The smallest absolute Gasteiger partial charge is 0.315 e. The molecule has 1 fully saturated rings. The number of piperidine rings is 1. The molecular formula is C22H26N6O2. The van der Waals surface area contributed by atoms with Gasteiger partial charge in [0.25, 0.3) is 5.56 Å². The molecule has 0 saturated carbocycles. The summed E-state index contributed by atoms with van der Waals surface area (Å²) in [5, 5.41) is 5.93. The molecular weight excluding hydrogens is 380 g/mol. The average Bonchev–Trinajstić information content (AvgIpc) is 2.79. The second-order valence-electron chi connectivity index (χ2n) is 7.40. The summed E-state index contributed by atoms with van der Waals surface area (Å²) in [6.45, 7) is 4.31. The Labute approximate surface area is 175 Å². The Morgan fingerprint density at radius 1 is 1.13 bits per heavy atom. The number of amides is 2. The summed E-state index contributed by atoms with van der Waals surface area (Å²) in [5.74, 6) is 0.462. The summed E-state index contributed by atoms with van der Waals surface area (Å²) in [4.78, 5) is 36.1. The first-order valence-electron chi connectivity index (χ1n) is 10.3. The number of anilines is 1. The lowest BCUT2D eigenvalue weighted by Crippen LogP contribution is -2.49. The van der Waals surface area contributed by atoms with E-state index in [1.165, 1.54) is 0 Å². The Morgan fingerprint density at radius 3 is 2.63 bits per heavy atom. The predicted molar refractivity (Wildman–Crippen MR) is 117 cm³/mol. The van der Waals surface area contributed by atoms with Gasteiger partial charge in [-0.1, -0.05) is 30.3 Å². The Hall–Kier alpha value is -3.42. The van der Waals surface area contributed by atoms with Crippen LogP contribution in [0.4, 0.5) is 10.6 Å². The minimum Gasteiger partial charge on any atom is -0.352 e. The number of aromatic nitrogens is 3. The molecule has 1 aromatic carbocycles. The summed E-state index contributed by atoms with van der Waals surface area (Å²) < 4.78 is 1.67. The third-order valence-corrected chi connectivity index (χ3v) is 5.43. The molecule has 2 amide bonds. The Balaban J connectivity index is 1.37. The topological polar surface area (TPSA) is 92.2 Å². The van der Waals surface area contributed by atoms with Crippen LogP contribution in [0, 0.1) is 0 Å². The highest BCUT2D eigenvalue weighted by Crippen LogP contribution is 2.17. The first-order valence-corrected chi connectivity index (χ1v) is 10.3.